The number of aromatic amines is 1. The first kappa shape index (κ1) is 31.0. The van der Waals surface area contributed by atoms with Crippen LogP contribution in [0.2, 0.25) is 0 Å². The summed E-state index contributed by atoms with van der Waals surface area (Å²) in [5, 5.41) is 31.2. The van der Waals surface area contributed by atoms with E-state index in [-0.39, 0.29) is 54.3 Å². The number of aromatic nitrogens is 4. The van der Waals surface area contributed by atoms with Gasteiger partial charge in [-0.2, -0.15) is 4.98 Å². The van der Waals surface area contributed by atoms with Gasteiger partial charge in [0.1, 0.15) is 17.8 Å². The monoisotopic (exact) mass is 606 g/mol. The fraction of sp³-hybridized carbons (Fsp3) is 0.727. The molecule has 18 heteroatoms. The van der Waals surface area contributed by atoms with Gasteiger partial charge in [0.2, 0.25) is 5.95 Å². The van der Waals surface area contributed by atoms with Crippen LogP contribution in [0.3, 0.4) is 0 Å². The van der Waals surface area contributed by atoms with Gasteiger partial charge in [0.25, 0.3) is 5.56 Å². The van der Waals surface area contributed by atoms with E-state index in [9.17, 15) is 29.5 Å². The van der Waals surface area contributed by atoms with Gasteiger partial charge in [0.05, 0.1) is 44.8 Å². The number of nitrogens with zero attached hydrogens (tertiary/aromatic N) is 4. The fourth-order valence-corrected chi connectivity index (χ4v) is 6.85. The maximum Gasteiger partial charge on any atom is 0.408 e. The molecule has 4 rings (SSSR count). The van der Waals surface area contributed by atoms with Gasteiger partial charge in [-0.1, -0.05) is 11.8 Å². The quantitative estimate of drug-likeness (QED) is 0.160. The normalized spacial score (nSPS) is 27.7. The molecule has 224 valence electrons. The number of hydrogen-bond donors (Lipinski definition) is 5. The minimum absolute atomic E-state index is 0.0354. The Labute approximate surface area is 233 Å². The second-order valence-electron chi connectivity index (χ2n) is 10.3. The Hall–Kier alpha value is -1.92. The van der Waals surface area contributed by atoms with Crippen LogP contribution < -0.4 is 11.3 Å². The largest absolute Gasteiger partial charge is 0.408 e. The van der Waals surface area contributed by atoms with Gasteiger partial charge in [-0.3, -0.25) is 28.2 Å². The number of rotatable bonds is 11. The van der Waals surface area contributed by atoms with Gasteiger partial charge >= 0.3 is 7.75 Å². The number of morpholine rings is 1. The van der Waals surface area contributed by atoms with E-state index in [0.717, 1.165) is 11.8 Å². The first-order chi connectivity index (χ1) is 18.8. The Balaban J connectivity index is 1.46. The Morgan fingerprint density at radius 2 is 2.08 bits per heavy atom. The summed E-state index contributed by atoms with van der Waals surface area (Å²) in [6.45, 7) is 4.89. The molecule has 2 aliphatic rings. The maximum absolute atomic E-state index is 13.9. The molecule has 5 atom stereocenters. The van der Waals surface area contributed by atoms with Gasteiger partial charge < -0.3 is 30.5 Å². The van der Waals surface area contributed by atoms with Gasteiger partial charge in [-0.15, -0.1) is 0 Å². The van der Waals surface area contributed by atoms with Gasteiger partial charge in [0.15, 0.2) is 22.5 Å². The van der Waals surface area contributed by atoms with Crippen LogP contribution in [0, 0.1) is 5.41 Å². The number of thioether (sulfide) groups is 1. The predicted molar refractivity (Wildman–Crippen MR) is 143 cm³/mol. The zero-order chi connectivity index (χ0) is 29.3. The molecule has 2 aliphatic heterocycles. The zero-order valence-electron chi connectivity index (χ0n) is 22.4. The van der Waals surface area contributed by atoms with Crippen LogP contribution in [-0.2, 0) is 27.9 Å². The highest BCUT2D eigenvalue weighted by Crippen LogP contribution is 2.53. The third-order valence-electron chi connectivity index (χ3n) is 6.71. The number of hydrogen-bond acceptors (Lipinski definition) is 14. The van der Waals surface area contributed by atoms with Crippen molar-refractivity contribution in [3.63, 3.8) is 0 Å². The molecule has 16 nitrogen and oxygen atoms in total. The molecule has 4 heterocycles. The second-order valence-corrected chi connectivity index (χ2v) is 13.4. The molecule has 6 N–H and O–H groups in total. The van der Waals surface area contributed by atoms with Crippen molar-refractivity contribution in [2.45, 2.75) is 44.8 Å². The fourth-order valence-electron chi connectivity index (χ4n) is 4.21. The van der Waals surface area contributed by atoms with E-state index in [1.807, 2.05) is 0 Å². The SMILES string of the molecule is CC(C)(CO)C(=O)SCCOP(=O)(OC[C@H]1O[C@@H](n2cnc3c(=O)[nH]c(N)nc32)[C@](C)(O)[C@@H]1O)N1CCOCC1. The lowest BCUT2D eigenvalue weighted by Crippen LogP contribution is -2.44. The van der Waals surface area contributed by atoms with Crippen molar-refractivity contribution < 1.29 is 43.2 Å². The smallest absolute Gasteiger partial charge is 0.395 e. The van der Waals surface area contributed by atoms with Crippen LogP contribution in [0.15, 0.2) is 11.1 Å². The molecule has 1 unspecified atom stereocenters. The van der Waals surface area contributed by atoms with Crippen LogP contribution in [0.5, 0.6) is 0 Å². The van der Waals surface area contributed by atoms with E-state index in [0.29, 0.717) is 13.2 Å². The predicted octanol–water partition coefficient (Wildman–Crippen LogP) is -0.537. The molecule has 40 heavy (non-hydrogen) atoms. The lowest BCUT2D eigenvalue weighted by Gasteiger charge is -2.33. The zero-order valence-corrected chi connectivity index (χ0v) is 24.1. The van der Waals surface area contributed by atoms with Crippen LogP contribution >= 0.6 is 19.5 Å². The lowest BCUT2D eigenvalue weighted by molar-refractivity contribution is -0.119. The molecule has 2 saturated heterocycles. The van der Waals surface area contributed by atoms with E-state index in [1.165, 1.54) is 22.5 Å². The summed E-state index contributed by atoms with van der Waals surface area (Å²) in [4.78, 5) is 34.9. The van der Waals surface area contributed by atoms with Crippen molar-refractivity contribution in [3.05, 3.63) is 16.7 Å². The number of carbonyl (C=O) groups excluding carboxylic acids is 1. The molecule has 0 amide bonds. The highest BCUT2D eigenvalue weighted by Gasteiger charge is 2.54. The maximum atomic E-state index is 13.9. The van der Waals surface area contributed by atoms with Crippen molar-refractivity contribution in [2.24, 2.45) is 5.41 Å². The molecular weight excluding hydrogens is 571 g/mol. The Bertz CT molecular complexity index is 1310. The summed E-state index contributed by atoms with van der Waals surface area (Å²) < 4.78 is 39.4. The number of nitrogens with two attached hydrogens (primary N) is 1. The Morgan fingerprint density at radius 3 is 2.75 bits per heavy atom. The number of imidazole rings is 1. The lowest BCUT2D eigenvalue weighted by atomic mass is 9.96. The standard InChI is InChI=1S/C22H35N6O10PS/c1-21(2,11-29)19(32)40-9-8-36-39(34,27-4-6-35-7-5-27)37-10-13-15(30)22(3,33)18(38-13)28-12-24-14-16(28)25-20(23)26-17(14)31/h12-13,15,18,29-30,33H,4-11H2,1-3H3,(H3,23,25,26,31)/t13-,15-,18-,22-,39?/m1/s1. The summed E-state index contributed by atoms with van der Waals surface area (Å²) in [5.41, 5.74) is 2.28. The Kier molecular flexibility index (Phi) is 9.41. The first-order valence-corrected chi connectivity index (χ1v) is 15.1. The van der Waals surface area contributed by atoms with Gasteiger partial charge in [-0.25, -0.2) is 14.2 Å². The number of anilines is 1. The summed E-state index contributed by atoms with van der Waals surface area (Å²) in [6.07, 6.45) is -2.66. The van der Waals surface area contributed by atoms with E-state index < -0.39 is 49.4 Å². The highest BCUT2D eigenvalue weighted by molar-refractivity contribution is 8.13. The average Bonchev–Trinajstić information content (AvgIpc) is 3.43. The van der Waals surface area contributed by atoms with Crippen molar-refractivity contribution in [3.8, 4) is 0 Å². The number of H-pyrrole nitrogens is 1. The molecule has 0 aliphatic carbocycles. The minimum atomic E-state index is -3.94. The molecule has 0 saturated carbocycles. The van der Waals surface area contributed by atoms with Crippen LogP contribution in [0.25, 0.3) is 11.2 Å². The van der Waals surface area contributed by atoms with Gasteiger partial charge in [0, 0.05) is 18.8 Å². The second kappa shape index (κ2) is 12.1. The third-order valence-corrected chi connectivity index (χ3v) is 9.98. The molecule has 0 aromatic carbocycles. The molecular formula is C22H35N6O10PS. The van der Waals surface area contributed by atoms with E-state index in [1.54, 1.807) is 13.8 Å². The third kappa shape index (κ3) is 6.28. The van der Waals surface area contributed by atoms with Crippen molar-refractivity contribution >= 4 is 41.7 Å². The van der Waals surface area contributed by atoms with Crippen LogP contribution in [0.4, 0.5) is 5.95 Å². The van der Waals surface area contributed by atoms with Crippen molar-refractivity contribution in [1.29, 1.82) is 0 Å². The van der Waals surface area contributed by atoms with Crippen LogP contribution in [-0.4, -0.2) is 114 Å². The van der Waals surface area contributed by atoms with E-state index in [2.05, 4.69) is 15.0 Å². The molecule has 0 bridgehead atoms. The first-order valence-electron chi connectivity index (χ1n) is 12.6. The molecule has 2 aromatic rings. The van der Waals surface area contributed by atoms with Crippen LogP contribution in [0.1, 0.15) is 27.0 Å². The van der Waals surface area contributed by atoms with E-state index >= 15 is 0 Å². The minimum Gasteiger partial charge on any atom is -0.395 e. The summed E-state index contributed by atoms with van der Waals surface area (Å²) >= 11 is 0.951. The Morgan fingerprint density at radius 1 is 1.38 bits per heavy atom. The number of aliphatic hydroxyl groups is 3. The number of fused-ring (bicyclic) bond motifs is 1. The van der Waals surface area contributed by atoms with Crippen molar-refractivity contribution in [2.75, 3.05) is 57.6 Å². The number of ether oxygens (including phenoxy) is 2. The van der Waals surface area contributed by atoms with Gasteiger partial charge in [-0.05, 0) is 20.8 Å². The molecule has 0 spiro atoms. The molecule has 0 radical (unpaired) electrons. The molecule has 2 aromatic heterocycles. The number of carbonyl (C=O) groups is 1. The average molecular weight is 607 g/mol. The summed E-state index contributed by atoms with van der Waals surface area (Å²) in [6, 6.07) is 0. The van der Waals surface area contributed by atoms with E-state index in [4.69, 9.17) is 24.3 Å². The summed E-state index contributed by atoms with van der Waals surface area (Å²) in [5.74, 6) is 0.00289. The highest BCUT2D eigenvalue weighted by atomic mass is 32.2. The number of aliphatic hydroxyl groups excluding tert-OH is 2. The number of nitrogens with one attached hydrogen (secondary N) is 1. The number of nitrogen functional groups attached to an aromatic ring is 1. The summed E-state index contributed by atoms with van der Waals surface area (Å²) in [7, 11) is -3.94. The topological polar surface area (TPSA) is 225 Å². The van der Waals surface area contributed by atoms with Crippen molar-refractivity contribution in [1.82, 2.24) is 24.2 Å². The molecule has 2 fully saturated rings.